The second-order valence-electron chi connectivity index (χ2n) is 4.80. The normalized spacial score (nSPS) is 13.6. The van der Waals surface area contributed by atoms with Gasteiger partial charge in [-0.3, -0.25) is 0 Å². The summed E-state index contributed by atoms with van der Waals surface area (Å²) in [5.41, 5.74) is 8.72. The minimum Gasteiger partial charge on any atom is -0.496 e. The molecule has 0 bridgehead atoms. The van der Waals surface area contributed by atoms with Crippen molar-refractivity contribution < 1.29 is 19.0 Å². The molecule has 2 rings (SSSR count). The summed E-state index contributed by atoms with van der Waals surface area (Å²) in [6, 6.07) is 1.88. The summed E-state index contributed by atoms with van der Waals surface area (Å²) in [6.45, 7) is 3.61. The Bertz CT molecular complexity index is 531. The summed E-state index contributed by atoms with van der Waals surface area (Å²) in [5.74, 6) is 1.54. The summed E-state index contributed by atoms with van der Waals surface area (Å²) in [6.07, 6.45) is 0.397. The van der Waals surface area contributed by atoms with E-state index in [1.807, 2.05) is 6.07 Å². The Morgan fingerprint density at radius 3 is 2.67 bits per heavy atom. The molecule has 116 valence electrons. The van der Waals surface area contributed by atoms with Crippen molar-refractivity contribution in [3.63, 3.8) is 0 Å². The molecule has 1 aliphatic rings. The number of rotatable bonds is 4. The molecule has 2 N–H and O–H groups in total. The van der Waals surface area contributed by atoms with Crippen molar-refractivity contribution in [2.24, 2.45) is 5.73 Å². The fourth-order valence-electron chi connectivity index (χ4n) is 2.70. The first kappa shape index (κ1) is 15.4. The van der Waals surface area contributed by atoms with E-state index in [1.165, 1.54) is 0 Å². The molecule has 0 atom stereocenters. The third-order valence-electron chi connectivity index (χ3n) is 3.68. The number of carbonyl (C=O) groups excluding carboxylic acids is 1. The van der Waals surface area contributed by atoms with E-state index in [0.717, 1.165) is 28.2 Å². The Hall–Kier alpha value is -1.95. The minimum absolute atomic E-state index is 0.299. The molecule has 1 aromatic carbocycles. The van der Waals surface area contributed by atoms with Crippen LogP contribution in [0.3, 0.4) is 0 Å². The van der Waals surface area contributed by atoms with Gasteiger partial charge in [0.25, 0.3) is 0 Å². The first-order chi connectivity index (χ1) is 10.2. The van der Waals surface area contributed by atoms with Crippen LogP contribution in [0.15, 0.2) is 6.07 Å². The van der Waals surface area contributed by atoms with E-state index in [9.17, 15) is 4.79 Å². The minimum atomic E-state index is -0.299. The molecular formula is C15H22N2O4. The summed E-state index contributed by atoms with van der Waals surface area (Å²) in [4.78, 5) is 13.6. The van der Waals surface area contributed by atoms with Gasteiger partial charge in [-0.2, -0.15) is 0 Å². The number of carbonyl (C=O) groups is 1. The maximum absolute atomic E-state index is 11.9. The van der Waals surface area contributed by atoms with Gasteiger partial charge in [-0.1, -0.05) is 0 Å². The Kier molecular flexibility index (Phi) is 4.90. The predicted molar refractivity (Wildman–Crippen MR) is 78.6 cm³/mol. The lowest BCUT2D eigenvalue weighted by molar-refractivity contribution is 0.102. The van der Waals surface area contributed by atoms with Gasteiger partial charge in [0, 0.05) is 29.8 Å². The Balaban J connectivity index is 2.40. The van der Waals surface area contributed by atoms with Crippen LogP contribution in [0.4, 0.5) is 4.79 Å². The van der Waals surface area contributed by atoms with Crippen LogP contribution in [-0.2, 0) is 24.2 Å². The number of nitrogens with two attached hydrogens (primary N) is 1. The van der Waals surface area contributed by atoms with E-state index in [4.69, 9.17) is 19.9 Å². The monoisotopic (exact) mass is 294 g/mol. The van der Waals surface area contributed by atoms with Crippen molar-refractivity contribution in [3.8, 4) is 11.5 Å². The van der Waals surface area contributed by atoms with Crippen molar-refractivity contribution in [1.82, 2.24) is 4.90 Å². The predicted octanol–water partition coefficient (Wildman–Crippen LogP) is 1.68. The van der Waals surface area contributed by atoms with E-state index in [0.29, 0.717) is 32.7 Å². The summed E-state index contributed by atoms with van der Waals surface area (Å²) in [7, 11) is 3.25. The van der Waals surface area contributed by atoms with Gasteiger partial charge in [0.1, 0.15) is 11.5 Å². The summed E-state index contributed by atoms with van der Waals surface area (Å²) in [5, 5.41) is 0. The van der Waals surface area contributed by atoms with Crippen LogP contribution >= 0.6 is 0 Å². The molecule has 1 aromatic rings. The number of amides is 1. The highest BCUT2D eigenvalue weighted by Gasteiger charge is 2.28. The van der Waals surface area contributed by atoms with Gasteiger partial charge in [-0.25, -0.2) is 4.79 Å². The van der Waals surface area contributed by atoms with Crippen LogP contribution in [0.2, 0.25) is 0 Å². The topological polar surface area (TPSA) is 74.0 Å². The Morgan fingerprint density at radius 2 is 2.10 bits per heavy atom. The molecule has 1 amide bonds. The smallest absolute Gasteiger partial charge is 0.410 e. The molecule has 0 saturated heterocycles. The van der Waals surface area contributed by atoms with Gasteiger partial charge in [0.15, 0.2) is 0 Å². The summed E-state index contributed by atoms with van der Waals surface area (Å²) < 4.78 is 16.0. The van der Waals surface area contributed by atoms with Crippen molar-refractivity contribution in [2.75, 3.05) is 27.4 Å². The Morgan fingerprint density at radius 1 is 1.33 bits per heavy atom. The number of hydrogen-bond acceptors (Lipinski definition) is 5. The maximum atomic E-state index is 11.9. The lowest BCUT2D eigenvalue weighted by Gasteiger charge is -2.31. The quantitative estimate of drug-likeness (QED) is 0.914. The van der Waals surface area contributed by atoms with Crippen LogP contribution in [0, 0.1) is 0 Å². The van der Waals surface area contributed by atoms with E-state index in [1.54, 1.807) is 26.0 Å². The molecule has 0 aromatic heterocycles. The third-order valence-corrected chi connectivity index (χ3v) is 3.68. The molecule has 0 unspecified atom stereocenters. The molecule has 0 aliphatic carbocycles. The molecule has 1 aliphatic heterocycles. The highest BCUT2D eigenvalue weighted by molar-refractivity contribution is 5.69. The molecular weight excluding hydrogens is 272 g/mol. The third kappa shape index (κ3) is 2.90. The van der Waals surface area contributed by atoms with Gasteiger partial charge < -0.3 is 24.8 Å². The standard InChI is InChI=1S/C15H22N2O4/c1-4-21-15(18)17-6-5-11-12(9-17)13(19-2)7-10(8-16)14(11)20-3/h7H,4-6,8-9,16H2,1-3H3. The van der Waals surface area contributed by atoms with Crippen molar-refractivity contribution in [1.29, 1.82) is 0 Å². The summed E-state index contributed by atoms with van der Waals surface area (Å²) >= 11 is 0. The van der Waals surface area contributed by atoms with Crippen molar-refractivity contribution >= 4 is 6.09 Å². The molecule has 0 radical (unpaired) electrons. The van der Waals surface area contributed by atoms with Crippen LogP contribution in [-0.4, -0.2) is 38.4 Å². The molecule has 1 heterocycles. The van der Waals surface area contributed by atoms with Crippen molar-refractivity contribution in [2.45, 2.75) is 26.4 Å². The van der Waals surface area contributed by atoms with Crippen LogP contribution in [0.25, 0.3) is 0 Å². The zero-order chi connectivity index (χ0) is 15.4. The first-order valence-electron chi connectivity index (χ1n) is 7.03. The van der Waals surface area contributed by atoms with E-state index in [-0.39, 0.29) is 6.09 Å². The van der Waals surface area contributed by atoms with Crippen LogP contribution < -0.4 is 15.2 Å². The number of methoxy groups -OCH3 is 2. The molecule has 0 spiro atoms. The van der Waals surface area contributed by atoms with Gasteiger partial charge in [-0.15, -0.1) is 0 Å². The second kappa shape index (κ2) is 6.67. The SMILES string of the molecule is CCOC(=O)N1CCc2c(c(OC)cc(CN)c2OC)C1. The largest absolute Gasteiger partial charge is 0.496 e. The number of ether oxygens (including phenoxy) is 3. The zero-order valence-corrected chi connectivity index (χ0v) is 12.8. The molecule has 0 fully saturated rings. The lowest BCUT2D eigenvalue weighted by Crippen LogP contribution is -2.36. The van der Waals surface area contributed by atoms with Crippen LogP contribution in [0.1, 0.15) is 23.6 Å². The lowest BCUT2D eigenvalue weighted by atomic mass is 9.94. The van der Waals surface area contributed by atoms with Gasteiger partial charge in [0.05, 0.1) is 27.4 Å². The van der Waals surface area contributed by atoms with E-state index >= 15 is 0 Å². The molecule has 6 heteroatoms. The fraction of sp³-hybridized carbons (Fsp3) is 0.533. The second-order valence-corrected chi connectivity index (χ2v) is 4.80. The Labute approximate surface area is 124 Å². The average molecular weight is 294 g/mol. The molecule has 6 nitrogen and oxygen atoms in total. The fourth-order valence-corrected chi connectivity index (χ4v) is 2.70. The van der Waals surface area contributed by atoms with E-state index in [2.05, 4.69) is 0 Å². The first-order valence-corrected chi connectivity index (χ1v) is 7.03. The number of hydrogen-bond donors (Lipinski definition) is 1. The number of fused-ring (bicyclic) bond motifs is 1. The number of nitrogens with zero attached hydrogens (tertiary/aromatic N) is 1. The van der Waals surface area contributed by atoms with Crippen molar-refractivity contribution in [3.05, 3.63) is 22.8 Å². The van der Waals surface area contributed by atoms with E-state index < -0.39 is 0 Å². The molecule has 21 heavy (non-hydrogen) atoms. The van der Waals surface area contributed by atoms with Gasteiger partial charge >= 0.3 is 6.09 Å². The zero-order valence-electron chi connectivity index (χ0n) is 12.8. The maximum Gasteiger partial charge on any atom is 0.410 e. The highest BCUT2D eigenvalue weighted by atomic mass is 16.6. The highest BCUT2D eigenvalue weighted by Crippen LogP contribution is 2.37. The van der Waals surface area contributed by atoms with Crippen LogP contribution in [0.5, 0.6) is 11.5 Å². The average Bonchev–Trinajstić information content (AvgIpc) is 2.52. The molecule has 0 saturated carbocycles. The number of benzene rings is 1. The van der Waals surface area contributed by atoms with Gasteiger partial charge in [0.2, 0.25) is 0 Å². The van der Waals surface area contributed by atoms with Gasteiger partial charge in [-0.05, 0) is 19.4 Å².